The second kappa shape index (κ2) is 20.3. The molecule has 0 unspecified atom stereocenters. The van der Waals surface area contributed by atoms with E-state index in [-0.39, 0.29) is 102 Å². The summed E-state index contributed by atoms with van der Waals surface area (Å²) in [5.41, 5.74) is -0.326. The van der Waals surface area contributed by atoms with Crippen molar-refractivity contribution in [2.45, 2.75) is 212 Å². The van der Waals surface area contributed by atoms with Gasteiger partial charge in [-0.25, -0.2) is 0 Å². The van der Waals surface area contributed by atoms with Gasteiger partial charge in [0.25, 0.3) is 0 Å². The largest absolute Gasteiger partial charge is 0.481 e. The van der Waals surface area contributed by atoms with Crippen molar-refractivity contribution in [2.24, 2.45) is 47.3 Å². The molecule has 14 nitrogen and oxygen atoms in total. The maximum atomic E-state index is 13.4. The molecule has 6 rings (SSSR count). The Hall–Kier alpha value is -0.560. The van der Waals surface area contributed by atoms with Crippen LogP contribution in [0, 0.1) is 47.3 Å². The Balaban J connectivity index is 0.00000726. The van der Waals surface area contributed by atoms with E-state index in [2.05, 4.69) is 27.7 Å². The van der Waals surface area contributed by atoms with Crippen LogP contribution in [-0.2, 0) is 47.5 Å². The van der Waals surface area contributed by atoms with Crippen molar-refractivity contribution in [2.75, 3.05) is 13.7 Å². The van der Waals surface area contributed by atoms with Crippen LogP contribution in [0.5, 0.6) is 0 Å². The number of methoxy groups -OCH3 is 1. The first kappa shape index (κ1) is 52.4. The molecule has 6 heterocycles. The van der Waals surface area contributed by atoms with Gasteiger partial charge in [-0.05, 0) is 64.4 Å². The quantitative estimate of drug-likeness (QED) is 0.129. The van der Waals surface area contributed by atoms with Crippen LogP contribution in [0.2, 0.25) is 0 Å². The number of aliphatic hydroxyl groups excluding tert-OH is 2. The number of hydrogen-bond donors (Lipinski definition) is 4. The number of carboxylic acids is 1. The molecule has 6 fully saturated rings. The fourth-order valence-electron chi connectivity index (χ4n) is 11.8. The van der Waals surface area contributed by atoms with Crippen molar-refractivity contribution in [3.8, 4) is 0 Å². The Labute approximate surface area is 392 Å². The molecule has 15 heteroatoms. The van der Waals surface area contributed by atoms with E-state index in [4.69, 9.17) is 37.9 Å². The van der Waals surface area contributed by atoms with Crippen LogP contribution in [0.25, 0.3) is 0 Å². The molecule has 0 aromatic carbocycles. The van der Waals surface area contributed by atoms with E-state index >= 15 is 0 Å². The molecule has 2 spiro atoms. The monoisotopic (exact) mass is 890 g/mol. The maximum Gasteiger partial charge on any atom is 0.306 e. The van der Waals surface area contributed by atoms with Gasteiger partial charge in [-0.1, -0.05) is 61.5 Å². The predicted octanol–water partition coefficient (Wildman–Crippen LogP) is 5.77. The first-order valence-electron chi connectivity index (χ1n) is 23.2. The Kier molecular flexibility index (Phi) is 17.2. The molecular formula is C47H78NaO14. The number of ether oxygens (including phenoxy) is 8. The molecular weight excluding hydrogens is 811 g/mol. The van der Waals surface area contributed by atoms with Crippen LogP contribution in [0.1, 0.15) is 134 Å². The number of carboxylic acid groups (broad SMARTS) is 1. The van der Waals surface area contributed by atoms with Gasteiger partial charge >= 0.3 is 5.97 Å². The molecule has 0 saturated carbocycles. The van der Waals surface area contributed by atoms with Crippen LogP contribution < -0.4 is 0 Å². The van der Waals surface area contributed by atoms with Crippen molar-refractivity contribution in [1.29, 1.82) is 0 Å². The molecule has 6 aliphatic rings. The summed E-state index contributed by atoms with van der Waals surface area (Å²) >= 11 is 0. The van der Waals surface area contributed by atoms with Gasteiger partial charge in [0.05, 0.1) is 67.0 Å². The van der Waals surface area contributed by atoms with Crippen molar-refractivity contribution in [1.82, 2.24) is 0 Å². The number of ketones is 1. The summed E-state index contributed by atoms with van der Waals surface area (Å²) in [6, 6.07) is 0. The summed E-state index contributed by atoms with van der Waals surface area (Å²) in [6.07, 6.45) is 3.25. The summed E-state index contributed by atoms with van der Waals surface area (Å²) in [5.74, 6) is -7.01. The summed E-state index contributed by atoms with van der Waals surface area (Å²) in [6.45, 7) is 20.9. The molecule has 4 N–H and O–H groups in total. The standard InChI is InChI=1S/C47H78O14.Na/c1-24(40(50)25(2)18-28(5)43(51)52)17-26(3)41-31(8)34(49)22-45(59-41)16-15-44(11,61-45)38-21-36(56-39-14-13-35(54-12)33(10)55-39)32(9)47(58-38)30(7)20-37(57-47)42-27(4)19-29(6)46(53,23-48)60-42;/h17,25-39,41-42,48-49,53H,13-16,18-23H2,1-12H3,(H,51,52);/b24-17+;/t25-,26+,27+,28+,29-,30+,31-,32-,33+,34+,35+,36+,37-,38-,39-,41-,42+,44+,45-,46+,47+;/m1./s1. The molecule has 0 aromatic rings. The maximum absolute atomic E-state index is 13.4. The summed E-state index contributed by atoms with van der Waals surface area (Å²) in [7, 11) is 1.70. The Bertz CT molecular complexity index is 1580. The minimum absolute atomic E-state index is 0. The van der Waals surface area contributed by atoms with Gasteiger partial charge in [-0.3, -0.25) is 9.59 Å². The molecule has 6 saturated heterocycles. The van der Waals surface area contributed by atoms with E-state index in [0.717, 1.165) is 6.42 Å². The third-order valence-corrected chi connectivity index (χ3v) is 15.9. The van der Waals surface area contributed by atoms with Crippen LogP contribution in [0.3, 0.4) is 0 Å². The minimum Gasteiger partial charge on any atom is -0.481 e. The molecule has 1 radical (unpaired) electrons. The van der Waals surface area contributed by atoms with Crippen LogP contribution in [-0.4, -0.2) is 154 Å². The zero-order chi connectivity index (χ0) is 45.0. The van der Waals surface area contributed by atoms with Crippen LogP contribution in [0.4, 0.5) is 0 Å². The van der Waals surface area contributed by atoms with Crippen molar-refractivity contribution in [3.63, 3.8) is 0 Å². The normalized spacial score (nSPS) is 47.8. The summed E-state index contributed by atoms with van der Waals surface area (Å²) in [5, 5.41) is 42.5. The van der Waals surface area contributed by atoms with Gasteiger partial charge in [0.2, 0.25) is 0 Å². The number of carbonyl (C=O) groups is 2. The number of aliphatic carboxylic acids is 1. The average molecular weight is 890 g/mol. The Morgan fingerprint density at radius 3 is 2.23 bits per heavy atom. The Morgan fingerprint density at radius 1 is 0.903 bits per heavy atom. The zero-order valence-corrected chi connectivity index (χ0v) is 41.8. The van der Waals surface area contributed by atoms with E-state index < -0.39 is 84.2 Å². The van der Waals surface area contributed by atoms with E-state index in [9.17, 15) is 30.0 Å². The summed E-state index contributed by atoms with van der Waals surface area (Å²) in [4.78, 5) is 24.8. The number of aliphatic hydroxyl groups is 3. The molecule has 62 heavy (non-hydrogen) atoms. The molecule has 0 bridgehead atoms. The van der Waals surface area contributed by atoms with Crippen LogP contribution in [0.15, 0.2) is 11.6 Å². The van der Waals surface area contributed by atoms with Gasteiger partial charge in [-0.15, -0.1) is 0 Å². The zero-order valence-electron chi connectivity index (χ0n) is 39.8. The second-order valence-electron chi connectivity index (χ2n) is 20.6. The van der Waals surface area contributed by atoms with E-state index in [1.54, 1.807) is 27.9 Å². The molecule has 351 valence electrons. The SMILES string of the molecule is CO[C@H]1CC[C@@H](O[C@H]2C[C@H]([C@]3(C)CC[C@]4(C[C@H](O)[C@@H](C)[C@@H]([C@@H](C)/C=C(\C)C(=O)[C@H](C)C[C@H](C)C(=O)O)O4)O3)O[C@]3(O[C@@H]([C@H]4O[C@@](O)(CO)[C@H](C)C[C@@H]4C)C[C@@H]3C)[C@@H]2C)O[C@H]1C.[Na]. The average Bonchev–Trinajstić information content (AvgIpc) is 3.71. The van der Waals surface area contributed by atoms with Gasteiger partial charge in [0.15, 0.2) is 29.4 Å². The van der Waals surface area contributed by atoms with Crippen molar-refractivity contribution in [3.05, 3.63) is 11.6 Å². The van der Waals surface area contributed by atoms with E-state index in [1.165, 1.54) is 0 Å². The molecule has 6 aliphatic heterocycles. The van der Waals surface area contributed by atoms with E-state index in [1.807, 2.05) is 33.8 Å². The fraction of sp³-hybridized carbons (Fsp3) is 0.915. The molecule has 0 aliphatic carbocycles. The van der Waals surface area contributed by atoms with Crippen LogP contribution >= 0.6 is 0 Å². The Morgan fingerprint density at radius 2 is 1.60 bits per heavy atom. The minimum atomic E-state index is -1.66. The number of Topliss-reactive ketones (excluding diaryl/α,β-unsaturated/α-hetero) is 1. The fourth-order valence-corrected chi connectivity index (χ4v) is 11.8. The number of rotatable bonds is 13. The summed E-state index contributed by atoms with van der Waals surface area (Å²) < 4.78 is 53.9. The third-order valence-electron chi connectivity index (χ3n) is 15.9. The first-order valence-corrected chi connectivity index (χ1v) is 23.2. The number of allylic oxidation sites excluding steroid dienone is 1. The smallest absolute Gasteiger partial charge is 0.306 e. The van der Waals surface area contributed by atoms with Gasteiger partial charge in [0, 0.05) is 97.9 Å². The van der Waals surface area contributed by atoms with Gasteiger partial charge in [0.1, 0.15) is 0 Å². The van der Waals surface area contributed by atoms with Crippen molar-refractivity contribution < 1.29 is 67.9 Å². The van der Waals surface area contributed by atoms with Gasteiger partial charge < -0.3 is 58.3 Å². The topological polar surface area (TPSA) is 189 Å². The predicted molar refractivity (Wildman–Crippen MR) is 230 cm³/mol. The third kappa shape index (κ3) is 10.4. The molecule has 0 aromatic heterocycles. The number of hydrogen-bond acceptors (Lipinski definition) is 13. The van der Waals surface area contributed by atoms with Crippen molar-refractivity contribution >= 4 is 41.3 Å². The van der Waals surface area contributed by atoms with E-state index in [0.29, 0.717) is 44.1 Å². The molecule has 21 atom stereocenters. The molecule has 0 amide bonds. The number of carbonyl (C=O) groups excluding carboxylic acids is 1. The first-order chi connectivity index (χ1) is 28.5. The van der Waals surface area contributed by atoms with Gasteiger partial charge in [-0.2, -0.15) is 0 Å². The second-order valence-corrected chi connectivity index (χ2v) is 20.6.